The van der Waals surface area contributed by atoms with Gasteiger partial charge in [0.2, 0.25) is 59.1 Å². The second-order valence-electron chi connectivity index (χ2n) is 23.1. The van der Waals surface area contributed by atoms with E-state index in [4.69, 9.17) is 34.4 Å². The van der Waals surface area contributed by atoms with E-state index < -0.39 is 125 Å². The predicted octanol–water partition coefficient (Wildman–Crippen LogP) is -1.94. The minimum atomic E-state index is -1.63. The van der Waals surface area contributed by atoms with Crippen LogP contribution in [0.3, 0.4) is 0 Å². The molecule has 27 nitrogen and oxygen atoms in total. The molecular formula is C55H106N16O11. The molecule has 0 rings (SSSR count). The van der Waals surface area contributed by atoms with Crippen molar-refractivity contribution >= 4 is 65.0 Å². The van der Waals surface area contributed by atoms with Gasteiger partial charge in [-0.3, -0.25) is 52.9 Å². The fourth-order valence-electron chi connectivity index (χ4n) is 8.93. The van der Waals surface area contributed by atoms with Gasteiger partial charge in [-0.15, -0.1) is 0 Å². The molecule has 0 fully saturated rings. The highest BCUT2D eigenvalue weighted by atomic mass is 16.3. The van der Waals surface area contributed by atoms with Crippen LogP contribution in [0.25, 0.3) is 0 Å². The van der Waals surface area contributed by atoms with E-state index in [1.54, 1.807) is 13.8 Å². The quantitative estimate of drug-likeness (QED) is 0.0180. The van der Waals surface area contributed by atoms with E-state index in [2.05, 4.69) is 47.5 Å². The van der Waals surface area contributed by atoms with Crippen molar-refractivity contribution in [2.75, 3.05) is 33.2 Å². The third kappa shape index (κ3) is 29.7. The van der Waals surface area contributed by atoms with E-state index in [1.807, 2.05) is 55.4 Å². The van der Waals surface area contributed by atoms with Gasteiger partial charge in [-0.1, -0.05) is 75.7 Å². The molecule has 472 valence electrons. The van der Waals surface area contributed by atoms with Gasteiger partial charge in [-0.25, -0.2) is 0 Å². The molecule has 0 aliphatic rings. The lowest BCUT2D eigenvalue weighted by Crippen LogP contribution is -2.62. The Morgan fingerprint density at radius 1 is 0.463 bits per heavy atom. The lowest BCUT2D eigenvalue weighted by Gasteiger charge is -2.34. The van der Waals surface area contributed by atoms with E-state index in [9.17, 15) is 53.1 Å². The van der Waals surface area contributed by atoms with Gasteiger partial charge in [0.25, 0.3) is 0 Å². The van der Waals surface area contributed by atoms with Crippen molar-refractivity contribution in [3.05, 3.63) is 0 Å². The average molecular weight is 1170 g/mol. The van der Waals surface area contributed by atoms with Gasteiger partial charge in [-0.05, 0) is 127 Å². The molecule has 11 atom stereocenters. The fourth-order valence-corrected chi connectivity index (χ4v) is 8.93. The topological polar surface area (TPSA) is 459 Å². The Balaban J connectivity index is 7.16. The maximum atomic E-state index is 14.8. The van der Waals surface area contributed by atoms with E-state index in [0.29, 0.717) is 32.1 Å². The summed E-state index contributed by atoms with van der Waals surface area (Å²) in [6.45, 7) is 19.8. The van der Waals surface area contributed by atoms with Crippen molar-refractivity contribution in [3.8, 4) is 0 Å². The monoisotopic (exact) mass is 1170 g/mol. The number of nitrogens with zero attached hydrogens (tertiary/aromatic N) is 2. The van der Waals surface area contributed by atoms with Crippen LogP contribution in [0.5, 0.6) is 0 Å². The smallest absolute Gasteiger partial charge is 0.245 e. The van der Waals surface area contributed by atoms with Crippen molar-refractivity contribution in [2.45, 2.75) is 220 Å². The minimum absolute atomic E-state index is 0.00545. The standard InChI is InChI=1S/C55H106N16O11/c1-13-34(10)44(52(80)64-36(19-14-16-22-56)47(75)70-45(35(11)72)53(81)68-41(28-33(8)9)50(78)66-38(46(59)74)25-30(2)3)69-51(79)42(21-18-24-62-55(60)61)71(12)54(82)37(20-15-17-23-57)65-49(77)40(27-32(6)7)67-48(76)39(26-31(4)5)63-43(73)29-58/h30-42,44-45,72H,13-29,56-58H2,1-12H3,(H2,59,74)(H,63,73)(H,64,80)(H,65,77)(H,66,78)(H,67,76)(H,68,81)(H,69,79)(H,70,75)(H4,60,61,62)/t34-,35+,36-,37-,38-,39-,40-,41-,42-,44-,45-/m0/s1. The van der Waals surface area contributed by atoms with Crippen LogP contribution in [0.2, 0.25) is 0 Å². The Hall–Kier alpha value is -6.19. The SMILES string of the molecule is CC[C@H](C)[C@H](NC(=O)[C@H](CCCN=C(N)N)N(C)C(=O)[C@H](CCCCN)NC(=O)[C@H](CC(C)C)NC(=O)[C@H](CC(C)C)NC(=O)CN)C(=O)N[C@@H](CCCCN)C(=O)N[C@H](C(=O)N[C@@H](CC(C)C)C(=O)N[C@@H](CC(C)C)C(N)=O)[C@@H](C)O. The second kappa shape index (κ2) is 40.1. The summed E-state index contributed by atoms with van der Waals surface area (Å²) in [6.07, 6.45) is 1.51. The van der Waals surface area contributed by atoms with Crippen LogP contribution in [0.4, 0.5) is 0 Å². The zero-order chi connectivity index (χ0) is 63.0. The molecule has 0 aromatic heterocycles. The minimum Gasteiger partial charge on any atom is -0.391 e. The van der Waals surface area contributed by atoms with Crippen LogP contribution in [0.1, 0.15) is 160 Å². The normalized spacial score (nSPS) is 15.5. The summed E-state index contributed by atoms with van der Waals surface area (Å²) in [5.41, 5.74) is 33.9. The second-order valence-corrected chi connectivity index (χ2v) is 23.1. The number of aliphatic hydroxyl groups excluding tert-OH is 1. The van der Waals surface area contributed by atoms with E-state index in [0.717, 1.165) is 0 Å². The number of carbonyl (C=O) groups is 10. The van der Waals surface area contributed by atoms with Crippen LogP contribution in [0, 0.1) is 29.6 Å². The lowest BCUT2D eigenvalue weighted by molar-refractivity contribution is -0.143. The Kier molecular flexibility index (Phi) is 37.1. The molecule has 27 heteroatoms. The van der Waals surface area contributed by atoms with Crippen LogP contribution in [-0.2, 0) is 47.9 Å². The van der Waals surface area contributed by atoms with Crippen molar-refractivity contribution in [2.24, 2.45) is 69.0 Å². The number of rotatable bonds is 42. The van der Waals surface area contributed by atoms with Gasteiger partial charge in [0.15, 0.2) is 5.96 Å². The van der Waals surface area contributed by atoms with Crippen LogP contribution in [0.15, 0.2) is 4.99 Å². The molecule has 0 radical (unpaired) electrons. The number of amides is 10. The summed E-state index contributed by atoms with van der Waals surface area (Å²) in [6, 6.07) is -11.2. The number of hydrogen-bond acceptors (Lipinski definition) is 15. The largest absolute Gasteiger partial charge is 0.391 e. The summed E-state index contributed by atoms with van der Waals surface area (Å²) < 4.78 is 0. The zero-order valence-electron chi connectivity index (χ0n) is 51.1. The zero-order valence-corrected chi connectivity index (χ0v) is 51.1. The average Bonchev–Trinajstić information content (AvgIpc) is 3.40. The fraction of sp³-hybridized carbons (Fsp3) is 0.800. The first-order valence-electron chi connectivity index (χ1n) is 29.2. The molecule has 0 unspecified atom stereocenters. The summed E-state index contributed by atoms with van der Waals surface area (Å²) in [7, 11) is 1.38. The van der Waals surface area contributed by atoms with Crippen molar-refractivity contribution < 1.29 is 53.1 Å². The molecule has 0 heterocycles. The number of guanidine groups is 1. The molecule has 0 aromatic carbocycles. The summed E-state index contributed by atoms with van der Waals surface area (Å²) in [4.78, 5) is 143. The van der Waals surface area contributed by atoms with E-state index >= 15 is 0 Å². The molecule has 0 aliphatic carbocycles. The number of carbonyl (C=O) groups excluding carboxylic acids is 10. The highest BCUT2D eigenvalue weighted by molar-refractivity contribution is 5.98. The summed E-state index contributed by atoms with van der Waals surface area (Å²) >= 11 is 0. The van der Waals surface area contributed by atoms with E-state index in [-0.39, 0.29) is 107 Å². The number of aliphatic imine (C=N–C) groups is 1. The molecule has 82 heavy (non-hydrogen) atoms. The lowest BCUT2D eigenvalue weighted by atomic mass is 9.96. The Bertz CT molecular complexity index is 2050. The number of likely N-dealkylation sites (N-methyl/N-ethyl adjacent to an activating group) is 1. The maximum absolute atomic E-state index is 14.8. The van der Waals surface area contributed by atoms with Crippen molar-refractivity contribution in [1.82, 2.24) is 47.4 Å². The third-order valence-electron chi connectivity index (χ3n) is 13.6. The summed E-state index contributed by atoms with van der Waals surface area (Å²) in [5.74, 6) is -8.37. The van der Waals surface area contributed by atoms with Crippen molar-refractivity contribution in [3.63, 3.8) is 0 Å². The third-order valence-corrected chi connectivity index (χ3v) is 13.6. The number of aliphatic hydroxyl groups is 1. The molecule has 0 saturated heterocycles. The molecule has 0 spiro atoms. The molecule has 21 N–H and O–H groups in total. The van der Waals surface area contributed by atoms with Gasteiger partial charge in [0.05, 0.1) is 12.6 Å². The Morgan fingerprint density at radius 3 is 1.28 bits per heavy atom. The van der Waals surface area contributed by atoms with Crippen LogP contribution in [-0.4, -0.2) is 169 Å². The number of hydrogen-bond donors (Lipinski definition) is 15. The van der Waals surface area contributed by atoms with Gasteiger partial charge in [-0.2, -0.15) is 0 Å². The molecule has 10 amide bonds. The van der Waals surface area contributed by atoms with E-state index in [1.165, 1.54) is 18.9 Å². The highest BCUT2D eigenvalue weighted by Crippen LogP contribution is 2.17. The van der Waals surface area contributed by atoms with Gasteiger partial charge in [0, 0.05) is 13.6 Å². The molecule has 0 aromatic rings. The van der Waals surface area contributed by atoms with Gasteiger partial charge >= 0.3 is 0 Å². The first kappa shape index (κ1) is 75.8. The van der Waals surface area contributed by atoms with Crippen LogP contribution >= 0.6 is 0 Å². The Labute approximate surface area is 486 Å². The molecular weight excluding hydrogens is 1060 g/mol. The predicted molar refractivity (Wildman–Crippen MR) is 315 cm³/mol. The van der Waals surface area contributed by atoms with Crippen LogP contribution < -0.4 is 76.9 Å². The first-order chi connectivity index (χ1) is 38.3. The van der Waals surface area contributed by atoms with Gasteiger partial charge < -0.3 is 86.9 Å². The van der Waals surface area contributed by atoms with Gasteiger partial charge in [0.1, 0.15) is 54.4 Å². The number of primary amides is 1. The molecule has 0 aliphatic heterocycles. The first-order valence-corrected chi connectivity index (χ1v) is 29.2. The van der Waals surface area contributed by atoms with Crippen molar-refractivity contribution in [1.29, 1.82) is 0 Å². The Morgan fingerprint density at radius 2 is 0.854 bits per heavy atom. The summed E-state index contributed by atoms with van der Waals surface area (Å²) in [5, 5.41) is 32.4. The maximum Gasteiger partial charge on any atom is 0.245 e. The molecule has 0 saturated carbocycles. The molecule has 0 bridgehead atoms. The number of nitrogens with two attached hydrogens (primary N) is 6. The number of nitrogens with one attached hydrogen (secondary N) is 8. The highest BCUT2D eigenvalue weighted by Gasteiger charge is 2.39. The number of unbranched alkanes of at least 4 members (excludes halogenated alkanes) is 2.